The lowest BCUT2D eigenvalue weighted by Gasteiger charge is -2.50. The molecule has 4 aromatic rings. The summed E-state index contributed by atoms with van der Waals surface area (Å²) in [5, 5.41) is 60.6. The Morgan fingerprint density at radius 2 is 1.23 bits per heavy atom. The van der Waals surface area contributed by atoms with Gasteiger partial charge in [-0.25, -0.2) is 19.2 Å². The third kappa shape index (κ3) is 13.9. The molecule has 0 unspecified atom stereocenters. The average Bonchev–Trinajstić information content (AvgIpc) is 3.39. The van der Waals surface area contributed by atoms with Gasteiger partial charge < -0.3 is 43.4 Å². The fourth-order valence-corrected chi connectivity index (χ4v) is 9.43. The summed E-state index contributed by atoms with van der Waals surface area (Å²) in [5.41, 5.74) is -7.10. The summed E-state index contributed by atoms with van der Waals surface area (Å²) in [7, 11) is 0. The average molecular weight is 1100 g/mol. The van der Waals surface area contributed by atoms with Gasteiger partial charge in [0.2, 0.25) is 17.5 Å². The molecule has 23 heteroatoms. The number of rotatable bonds is 26. The van der Waals surface area contributed by atoms with E-state index in [0.717, 1.165) is 54.5 Å². The minimum atomic E-state index is -3.91. The number of nitrogens with zero attached hydrogens (tertiary/aromatic N) is 3. The number of allylic oxidation sites excluding steroid dienone is 1. The molecule has 0 saturated carbocycles. The summed E-state index contributed by atoms with van der Waals surface area (Å²) in [6.07, 6.45) is -5.52. The zero-order chi connectivity index (χ0) is 57.8. The van der Waals surface area contributed by atoms with E-state index in [2.05, 4.69) is 6.58 Å². The van der Waals surface area contributed by atoms with Gasteiger partial charge in [-0.05, 0) is 95.3 Å². The van der Waals surface area contributed by atoms with E-state index >= 15 is 9.59 Å². The van der Waals surface area contributed by atoms with Crippen LogP contribution in [-0.2, 0) is 83.4 Å². The van der Waals surface area contributed by atoms with Gasteiger partial charge in [0.25, 0.3) is 22.7 Å². The molecule has 2 aliphatic heterocycles. The maximum Gasteiger partial charge on any atom is 0.346 e. The molecule has 0 radical (unpaired) electrons. The standard InChI is InChI=1S/C56H61N3O20/c1-7-34(2)29-35(3)13-26-46(61)77-49-48(62)54(28-27-36(4)47(76-38(6)60)37(5)30-39-11-9-8-10-12-39)78-50(51(63)73-31-40-14-20-43(21-15-40)57(67)68)55(66,52(64)74-32-41-16-22-44(23-17-41)58(69)70)56(49,79-54)53(65)75-33-42-18-24-45(25-19-42)59(71)72/h8-26,34-35,37,47-50,62,66H,4,7,27-33H2,1-3,5-6H3/b26-13+/t34-,35+,37+,47+,48+,49+,50+,54+,55+,56+/m0/s1. The Morgan fingerprint density at radius 1 is 0.734 bits per heavy atom. The van der Waals surface area contributed by atoms with Gasteiger partial charge in [-0.15, -0.1) is 0 Å². The van der Waals surface area contributed by atoms with Gasteiger partial charge in [-0.2, -0.15) is 0 Å². The number of aliphatic hydroxyl groups excluding tert-OH is 1. The molecule has 0 amide bonds. The van der Waals surface area contributed by atoms with Crippen molar-refractivity contribution < 1.29 is 82.1 Å². The number of nitro benzene ring substituents is 3. The predicted octanol–water partition coefficient (Wildman–Crippen LogP) is 7.58. The van der Waals surface area contributed by atoms with Gasteiger partial charge in [0.05, 0.1) is 14.8 Å². The van der Waals surface area contributed by atoms with E-state index in [1.54, 1.807) is 6.92 Å². The number of carbonyl (C=O) groups is 5. The minimum absolute atomic E-state index is 0.0788. The number of nitro groups is 3. The Balaban J connectivity index is 1.52. The maximum absolute atomic E-state index is 15.4. The quantitative estimate of drug-likeness (QED) is 0.0153. The Labute approximate surface area is 453 Å². The first-order chi connectivity index (χ1) is 37.4. The van der Waals surface area contributed by atoms with Crippen molar-refractivity contribution in [3.05, 3.63) is 180 Å². The molecule has 0 aliphatic carbocycles. The van der Waals surface area contributed by atoms with Crippen molar-refractivity contribution >= 4 is 46.9 Å². The molecule has 2 fully saturated rings. The number of hydrogen-bond donors (Lipinski definition) is 2. The second kappa shape index (κ2) is 25.9. The maximum atomic E-state index is 15.4. The Kier molecular flexibility index (Phi) is 19.7. The van der Waals surface area contributed by atoms with Crippen molar-refractivity contribution in [3.8, 4) is 0 Å². The van der Waals surface area contributed by atoms with Crippen LogP contribution in [0.3, 0.4) is 0 Å². The van der Waals surface area contributed by atoms with Crippen molar-refractivity contribution in [2.24, 2.45) is 17.8 Å². The van der Waals surface area contributed by atoms with Crippen LogP contribution in [0.2, 0.25) is 0 Å². The predicted molar refractivity (Wildman–Crippen MR) is 277 cm³/mol. The van der Waals surface area contributed by atoms with Crippen molar-refractivity contribution in [2.45, 2.75) is 128 Å². The molecular weight excluding hydrogens is 1030 g/mol. The molecule has 2 bridgehead atoms. The lowest BCUT2D eigenvalue weighted by atomic mass is 9.74. The van der Waals surface area contributed by atoms with Crippen molar-refractivity contribution in [2.75, 3.05) is 0 Å². The highest BCUT2D eigenvalue weighted by atomic mass is 16.8. The molecule has 4 aromatic carbocycles. The third-order valence-corrected chi connectivity index (χ3v) is 13.8. The highest BCUT2D eigenvalue weighted by molar-refractivity contribution is 6.00. The molecule has 2 aliphatic rings. The van der Waals surface area contributed by atoms with Crippen LogP contribution in [0.25, 0.3) is 0 Å². The van der Waals surface area contributed by atoms with E-state index in [0.29, 0.717) is 12.8 Å². The lowest BCUT2D eigenvalue weighted by Crippen LogP contribution is -2.78. The molecular formula is C56H61N3O20. The number of aliphatic hydroxyl groups is 2. The normalized spacial score (nSPS) is 22.8. The summed E-state index contributed by atoms with van der Waals surface area (Å²) >= 11 is 0. The molecule has 79 heavy (non-hydrogen) atoms. The number of carbonyl (C=O) groups excluding carboxylic acids is 5. The second-order valence-electron chi connectivity index (χ2n) is 19.7. The first-order valence-corrected chi connectivity index (χ1v) is 25.2. The van der Waals surface area contributed by atoms with Crippen LogP contribution in [-0.4, -0.2) is 96.2 Å². The summed E-state index contributed by atoms with van der Waals surface area (Å²) < 4.78 is 41.5. The Bertz CT molecular complexity index is 2920. The van der Waals surface area contributed by atoms with Gasteiger partial charge in [0, 0.05) is 61.7 Å². The van der Waals surface area contributed by atoms with Crippen LogP contribution in [0, 0.1) is 48.1 Å². The number of esters is 5. The summed E-state index contributed by atoms with van der Waals surface area (Å²) in [6, 6.07) is 23.1. The molecule has 420 valence electrons. The van der Waals surface area contributed by atoms with Crippen LogP contribution in [0.4, 0.5) is 17.1 Å². The second-order valence-corrected chi connectivity index (χ2v) is 19.7. The van der Waals surface area contributed by atoms with Crippen LogP contribution in [0.15, 0.2) is 127 Å². The number of fused-ring (bicyclic) bond motifs is 2. The highest BCUT2D eigenvalue weighted by Gasteiger charge is 2.86. The number of ether oxygens (including phenoxy) is 7. The lowest BCUT2D eigenvalue weighted by molar-refractivity contribution is -0.385. The molecule has 0 spiro atoms. The minimum Gasteiger partial charge on any atom is -0.459 e. The van der Waals surface area contributed by atoms with Crippen LogP contribution < -0.4 is 0 Å². The van der Waals surface area contributed by atoms with E-state index in [9.17, 15) is 54.9 Å². The van der Waals surface area contributed by atoms with Crippen molar-refractivity contribution in [3.63, 3.8) is 0 Å². The highest BCUT2D eigenvalue weighted by Crippen LogP contribution is 2.57. The zero-order valence-electron chi connectivity index (χ0n) is 44.0. The van der Waals surface area contributed by atoms with E-state index in [-0.39, 0.29) is 57.6 Å². The van der Waals surface area contributed by atoms with Gasteiger partial charge in [-0.3, -0.25) is 35.1 Å². The van der Waals surface area contributed by atoms with Gasteiger partial charge in [0.15, 0.2) is 6.10 Å². The van der Waals surface area contributed by atoms with Gasteiger partial charge in [-0.1, -0.05) is 77.1 Å². The molecule has 10 atom stereocenters. The molecule has 6 rings (SSSR count). The number of non-ortho nitro benzene ring substituents is 3. The SMILES string of the molecule is C=C(CC[C@@]12O[C@H](C(=O)OCc3ccc([N+](=O)[O-])cc3)[C@@](O)(C(=O)OCc3ccc([N+](=O)[O-])cc3)[C@@](C(=O)OCc3ccc([N+](=O)[O-])cc3)(O1)[C@H](OC(=O)/C=C/[C@@H](C)C[C@@H](C)CC)[C@H]2O)[C@@H](OC(C)=O)[C@H](C)Cc1ccccc1. The zero-order valence-corrected chi connectivity index (χ0v) is 44.0. The third-order valence-electron chi connectivity index (χ3n) is 13.8. The Morgan fingerprint density at radius 3 is 1.71 bits per heavy atom. The van der Waals surface area contributed by atoms with E-state index in [1.165, 1.54) is 49.4 Å². The first-order valence-electron chi connectivity index (χ1n) is 25.2. The largest absolute Gasteiger partial charge is 0.459 e. The van der Waals surface area contributed by atoms with Crippen LogP contribution >= 0.6 is 0 Å². The van der Waals surface area contributed by atoms with Crippen molar-refractivity contribution in [1.82, 2.24) is 0 Å². The van der Waals surface area contributed by atoms with Crippen LogP contribution in [0.5, 0.6) is 0 Å². The molecule has 2 saturated heterocycles. The number of hydrogen-bond acceptors (Lipinski definition) is 20. The first kappa shape index (κ1) is 60.0. The fourth-order valence-electron chi connectivity index (χ4n) is 9.43. The topological polar surface area (TPSA) is 320 Å². The Hall–Kier alpha value is -8.25. The van der Waals surface area contributed by atoms with E-state index in [4.69, 9.17) is 33.2 Å². The molecule has 0 aromatic heterocycles. The van der Waals surface area contributed by atoms with Crippen molar-refractivity contribution in [1.29, 1.82) is 0 Å². The monoisotopic (exact) mass is 1100 g/mol. The molecule has 23 nitrogen and oxygen atoms in total. The van der Waals surface area contributed by atoms with E-state index in [1.807, 2.05) is 51.1 Å². The van der Waals surface area contributed by atoms with Gasteiger partial charge >= 0.3 is 29.8 Å². The number of benzene rings is 4. The summed E-state index contributed by atoms with van der Waals surface area (Å²) in [4.78, 5) is 105. The molecule has 2 heterocycles. The smallest absolute Gasteiger partial charge is 0.346 e. The van der Waals surface area contributed by atoms with Gasteiger partial charge in [0.1, 0.15) is 32.0 Å². The molecule has 2 N–H and O–H groups in total. The summed E-state index contributed by atoms with van der Waals surface area (Å²) in [6.45, 7) is 10.7. The van der Waals surface area contributed by atoms with Crippen LogP contribution in [0.1, 0.15) is 82.6 Å². The van der Waals surface area contributed by atoms with E-state index < -0.39 is 118 Å². The summed E-state index contributed by atoms with van der Waals surface area (Å²) in [5.74, 6) is -10.5. The fraction of sp³-hybridized carbons (Fsp3) is 0.411.